The van der Waals surface area contributed by atoms with E-state index in [-0.39, 0.29) is 11.7 Å². The third-order valence-electron chi connectivity index (χ3n) is 3.70. The Labute approximate surface area is 125 Å². The van der Waals surface area contributed by atoms with E-state index in [2.05, 4.69) is 9.88 Å². The van der Waals surface area contributed by atoms with Crippen molar-refractivity contribution in [3.05, 3.63) is 24.0 Å². The van der Waals surface area contributed by atoms with Gasteiger partial charge in [0.2, 0.25) is 0 Å². The fourth-order valence-corrected chi connectivity index (χ4v) is 2.48. The van der Waals surface area contributed by atoms with Crippen LogP contribution >= 0.6 is 0 Å². The molecule has 6 nitrogen and oxygen atoms in total. The zero-order valence-electron chi connectivity index (χ0n) is 12.5. The maximum absolute atomic E-state index is 12.3. The zero-order chi connectivity index (χ0) is 15.1. The first kappa shape index (κ1) is 15.7. The number of carbonyl (C=O) groups is 1. The van der Waals surface area contributed by atoms with Crippen molar-refractivity contribution in [2.45, 2.75) is 12.8 Å². The summed E-state index contributed by atoms with van der Waals surface area (Å²) in [7, 11) is 1.72. The van der Waals surface area contributed by atoms with Crippen molar-refractivity contribution in [1.82, 2.24) is 14.8 Å². The molecule has 0 aromatic carbocycles. The van der Waals surface area contributed by atoms with Gasteiger partial charge in [-0.15, -0.1) is 0 Å². The van der Waals surface area contributed by atoms with Crippen molar-refractivity contribution < 1.29 is 14.6 Å². The van der Waals surface area contributed by atoms with E-state index in [1.807, 2.05) is 4.90 Å². The molecule has 1 aliphatic rings. The molecule has 1 aromatic heterocycles. The minimum Gasteiger partial charge on any atom is -0.506 e. The lowest BCUT2D eigenvalue weighted by Crippen LogP contribution is -2.48. The van der Waals surface area contributed by atoms with Gasteiger partial charge in [-0.25, -0.2) is 0 Å². The van der Waals surface area contributed by atoms with E-state index in [1.165, 1.54) is 18.5 Å². The van der Waals surface area contributed by atoms with Gasteiger partial charge in [0, 0.05) is 46.1 Å². The Balaban J connectivity index is 1.77. The summed E-state index contributed by atoms with van der Waals surface area (Å²) in [5, 5.41) is 9.39. The van der Waals surface area contributed by atoms with Crippen molar-refractivity contribution >= 4 is 5.91 Å². The Hall–Kier alpha value is -1.66. The van der Waals surface area contributed by atoms with Crippen molar-refractivity contribution in [2.75, 3.05) is 46.4 Å². The first-order valence-corrected chi connectivity index (χ1v) is 7.35. The molecule has 0 unspecified atom stereocenters. The normalized spacial score (nSPS) is 16.1. The van der Waals surface area contributed by atoms with Crippen molar-refractivity contribution in [3.63, 3.8) is 0 Å². The minimum atomic E-state index is -0.0579. The van der Waals surface area contributed by atoms with Crippen LogP contribution in [0.5, 0.6) is 5.75 Å². The number of aromatic hydroxyl groups is 1. The largest absolute Gasteiger partial charge is 0.506 e. The predicted octanol–water partition coefficient (Wildman–Crippen LogP) is 0.972. The van der Waals surface area contributed by atoms with E-state index in [0.29, 0.717) is 5.56 Å². The van der Waals surface area contributed by atoms with Crippen LogP contribution in [0.15, 0.2) is 18.5 Å². The molecule has 21 heavy (non-hydrogen) atoms. The number of unbranched alkanes of at least 4 members (excludes halogenated alkanes) is 1. The number of rotatable bonds is 6. The number of amides is 1. The van der Waals surface area contributed by atoms with Gasteiger partial charge in [-0.05, 0) is 25.5 Å². The van der Waals surface area contributed by atoms with Crippen LogP contribution in [0.3, 0.4) is 0 Å². The quantitative estimate of drug-likeness (QED) is 0.792. The highest BCUT2D eigenvalue weighted by atomic mass is 16.5. The Morgan fingerprint density at radius 1 is 1.29 bits per heavy atom. The summed E-state index contributed by atoms with van der Waals surface area (Å²) >= 11 is 0. The van der Waals surface area contributed by atoms with Gasteiger partial charge in [0.15, 0.2) is 0 Å². The predicted molar refractivity (Wildman–Crippen MR) is 79.4 cm³/mol. The van der Waals surface area contributed by atoms with Crippen LogP contribution in [0.1, 0.15) is 23.2 Å². The van der Waals surface area contributed by atoms with Crippen LogP contribution in [0.4, 0.5) is 0 Å². The number of aromatic nitrogens is 1. The molecule has 2 rings (SSSR count). The van der Waals surface area contributed by atoms with E-state index in [0.717, 1.165) is 52.2 Å². The lowest BCUT2D eigenvalue weighted by atomic mass is 10.2. The Morgan fingerprint density at radius 3 is 2.71 bits per heavy atom. The molecule has 1 saturated heterocycles. The summed E-state index contributed by atoms with van der Waals surface area (Å²) in [5.41, 5.74) is 0.448. The number of hydrogen-bond donors (Lipinski definition) is 1. The highest BCUT2D eigenvalue weighted by molar-refractivity contribution is 5.94. The van der Waals surface area contributed by atoms with Gasteiger partial charge in [-0.1, -0.05) is 0 Å². The summed E-state index contributed by atoms with van der Waals surface area (Å²) in [6.45, 7) is 5.09. The third kappa shape index (κ3) is 4.68. The number of methoxy groups -OCH3 is 1. The number of piperazine rings is 1. The topological polar surface area (TPSA) is 65.9 Å². The maximum Gasteiger partial charge on any atom is 0.255 e. The molecular formula is C15H23N3O3. The Bertz CT molecular complexity index is 459. The summed E-state index contributed by atoms with van der Waals surface area (Å²) in [6.07, 6.45) is 5.02. The molecule has 116 valence electrons. The van der Waals surface area contributed by atoms with E-state index in [1.54, 1.807) is 7.11 Å². The number of carbonyl (C=O) groups excluding carboxylic acids is 1. The molecular weight excluding hydrogens is 270 g/mol. The Morgan fingerprint density at radius 2 is 2.05 bits per heavy atom. The SMILES string of the molecule is COCCCCN1CCN(C(=O)c2cncc(O)c2)CC1. The first-order chi connectivity index (χ1) is 10.2. The monoisotopic (exact) mass is 293 g/mol. The average Bonchev–Trinajstić information content (AvgIpc) is 2.51. The van der Waals surface area contributed by atoms with Gasteiger partial charge in [0.05, 0.1) is 11.8 Å². The number of hydrogen-bond acceptors (Lipinski definition) is 5. The van der Waals surface area contributed by atoms with Crippen LogP contribution in [-0.2, 0) is 4.74 Å². The summed E-state index contributed by atoms with van der Waals surface area (Å²) in [5.74, 6) is -0.0323. The second-order valence-corrected chi connectivity index (χ2v) is 5.27. The van der Waals surface area contributed by atoms with Crippen LogP contribution in [0.25, 0.3) is 0 Å². The van der Waals surface area contributed by atoms with Crippen LogP contribution in [0, 0.1) is 0 Å². The standard InChI is InChI=1S/C15H23N3O3/c1-21-9-3-2-4-17-5-7-18(8-6-17)15(20)13-10-14(19)12-16-11-13/h10-12,19H,2-9H2,1H3. The van der Waals surface area contributed by atoms with Gasteiger partial charge in [0.1, 0.15) is 5.75 Å². The molecule has 2 heterocycles. The maximum atomic E-state index is 12.3. The molecule has 0 saturated carbocycles. The summed E-state index contributed by atoms with van der Waals surface area (Å²) in [6, 6.07) is 1.46. The van der Waals surface area contributed by atoms with Crippen LogP contribution in [-0.4, -0.2) is 72.2 Å². The van der Waals surface area contributed by atoms with E-state index in [9.17, 15) is 9.90 Å². The van der Waals surface area contributed by atoms with Crippen LogP contribution in [0.2, 0.25) is 0 Å². The molecule has 0 aliphatic carbocycles. The van der Waals surface area contributed by atoms with E-state index in [4.69, 9.17) is 4.74 Å². The highest BCUT2D eigenvalue weighted by Crippen LogP contribution is 2.13. The van der Waals surface area contributed by atoms with Crippen molar-refractivity contribution in [3.8, 4) is 5.75 Å². The molecule has 0 bridgehead atoms. The third-order valence-corrected chi connectivity index (χ3v) is 3.70. The lowest BCUT2D eigenvalue weighted by Gasteiger charge is -2.34. The molecule has 1 aromatic rings. The van der Waals surface area contributed by atoms with Crippen molar-refractivity contribution in [1.29, 1.82) is 0 Å². The fourth-order valence-electron chi connectivity index (χ4n) is 2.48. The number of pyridine rings is 1. The average molecular weight is 293 g/mol. The number of nitrogens with zero attached hydrogens (tertiary/aromatic N) is 3. The second-order valence-electron chi connectivity index (χ2n) is 5.27. The van der Waals surface area contributed by atoms with E-state index < -0.39 is 0 Å². The van der Waals surface area contributed by atoms with Gasteiger partial charge in [0.25, 0.3) is 5.91 Å². The summed E-state index contributed by atoms with van der Waals surface area (Å²) < 4.78 is 5.04. The molecule has 0 atom stereocenters. The molecule has 1 fully saturated rings. The molecule has 0 radical (unpaired) electrons. The van der Waals surface area contributed by atoms with Crippen molar-refractivity contribution in [2.24, 2.45) is 0 Å². The second kappa shape index (κ2) is 7.95. The lowest BCUT2D eigenvalue weighted by molar-refractivity contribution is 0.0631. The molecule has 1 amide bonds. The molecule has 1 N–H and O–H groups in total. The smallest absolute Gasteiger partial charge is 0.255 e. The molecule has 6 heteroatoms. The van der Waals surface area contributed by atoms with Gasteiger partial charge in [-0.3, -0.25) is 14.7 Å². The van der Waals surface area contributed by atoms with Crippen LogP contribution < -0.4 is 0 Å². The molecule has 0 spiro atoms. The minimum absolute atomic E-state index is 0.0256. The van der Waals surface area contributed by atoms with E-state index >= 15 is 0 Å². The first-order valence-electron chi connectivity index (χ1n) is 7.35. The van der Waals surface area contributed by atoms with Gasteiger partial charge >= 0.3 is 0 Å². The molecule has 1 aliphatic heterocycles. The zero-order valence-corrected chi connectivity index (χ0v) is 12.5. The van der Waals surface area contributed by atoms with Gasteiger partial charge < -0.3 is 14.7 Å². The number of ether oxygens (including phenoxy) is 1. The summed E-state index contributed by atoms with van der Waals surface area (Å²) in [4.78, 5) is 20.3. The fraction of sp³-hybridized carbons (Fsp3) is 0.600. The van der Waals surface area contributed by atoms with Gasteiger partial charge in [-0.2, -0.15) is 0 Å². The Kier molecular flexibility index (Phi) is 5.95. The highest BCUT2D eigenvalue weighted by Gasteiger charge is 2.22.